The number of aromatic nitrogens is 2. The molecule has 0 aliphatic carbocycles. The molecule has 132 valence electrons. The third-order valence-corrected chi connectivity index (χ3v) is 3.72. The summed E-state index contributed by atoms with van der Waals surface area (Å²) >= 11 is 5.97. The van der Waals surface area contributed by atoms with E-state index >= 15 is 0 Å². The summed E-state index contributed by atoms with van der Waals surface area (Å²) in [5.41, 5.74) is 1.15. The van der Waals surface area contributed by atoms with Crippen molar-refractivity contribution in [1.29, 1.82) is 0 Å². The second kappa shape index (κ2) is 7.71. The number of aromatic carboxylic acids is 1. The zero-order chi connectivity index (χ0) is 18.5. The maximum Gasteiger partial charge on any atom is 0.413 e. The number of rotatable bonds is 5. The minimum atomic E-state index is -1.23. The van der Waals surface area contributed by atoms with Crippen molar-refractivity contribution >= 4 is 29.5 Å². The highest BCUT2D eigenvalue weighted by molar-refractivity contribution is 6.30. The molecule has 0 saturated carbocycles. The number of halogens is 1. The number of carboxylic acid groups (broad SMARTS) is 1. The fourth-order valence-corrected chi connectivity index (χ4v) is 2.47. The molecule has 0 unspecified atom stereocenters. The number of anilines is 1. The number of nitrogens with zero attached hydrogens (tertiary/aromatic N) is 2. The highest BCUT2D eigenvalue weighted by atomic mass is 35.5. The Morgan fingerprint density at radius 2 is 1.92 bits per heavy atom. The van der Waals surface area contributed by atoms with E-state index < -0.39 is 12.1 Å². The predicted octanol–water partition coefficient (Wildman–Crippen LogP) is 3.97. The molecule has 0 aliphatic rings. The standard InChI is InChI=1S/C18H14ClN3O4/c19-13-7-4-8-14(9-13)22-16(15(10-20-22)17(23)24)21-18(25)26-11-12-5-2-1-3-6-12/h1-10H,11H2,(H,21,25)(H,23,24). The Kier molecular flexibility index (Phi) is 5.19. The van der Waals surface area contributed by atoms with Gasteiger partial charge in [-0.2, -0.15) is 5.10 Å². The van der Waals surface area contributed by atoms with E-state index in [1.807, 2.05) is 30.3 Å². The van der Waals surface area contributed by atoms with Crippen LogP contribution in [-0.4, -0.2) is 26.9 Å². The Morgan fingerprint density at radius 1 is 1.15 bits per heavy atom. The largest absolute Gasteiger partial charge is 0.477 e. The molecule has 7 nitrogen and oxygen atoms in total. The summed E-state index contributed by atoms with van der Waals surface area (Å²) in [4.78, 5) is 23.5. The summed E-state index contributed by atoms with van der Waals surface area (Å²) in [6.45, 7) is 0.0559. The maximum atomic E-state index is 12.1. The number of amides is 1. The molecule has 0 fully saturated rings. The summed E-state index contributed by atoms with van der Waals surface area (Å²) in [5.74, 6) is -1.24. The van der Waals surface area contributed by atoms with Gasteiger partial charge in [-0.05, 0) is 23.8 Å². The zero-order valence-corrected chi connectivity index (χ0v) is 14.2. The lowest BCUT2D eigenvalue weighted by Crippen LogP contribution is -2.18. The Balaban J connectivity index is 1.82. The van der Waals surface area contributed by atoms with Crippen LogP contribution >= 0.6 is 11.6 Å². The number of hydrogen-bond donors (Lipinski definition) is 2. The smallest absolute Gasteiger partial charge is 0.413 e. The van der Waals surface area contributed by atoms with E-state index in [1.165, 1.54) is 4.68 Å². The summed E-state index contributed by atoms with van der Waals surface area (Å²) in [7, 11) is 0. The number of carbonyl (C=O) groups excluding carboxylic acids is 1. The summed E-state index contributed by atoms with van der Waals surface area (Å²) in [6.07, 6.45) is 0.357. The van der Waals surface area contributed by atoms with Crippen LogP contribution in [-0.2, 0) is 11.3 Å². The molecule has 1 aromatic heterocycles. The van der Waals surface area contributed by atoms with Gasteiger partial charge in [0, 0.05) is 5.02 Å². The lowest BCUT2D eigenvalue weighted by atomic mass is 10.2. The first-order valence-corrected chi connectivity index (χ1v) is 7.97. The quantitative estimate of drug-likeness (QED) is 0.707. The number of hydrogen-bond acceptors (Lipinski definition) is 4. The van der Waals surface area contributed by atoms with Crippen molar-refractivity contribution in [3.05, 3.63) is 76.9 Å². The molecule has 2 N–H and O–H groups in total. The Bertz CT molecular complexity index is 941. The molecule has 2 aromatic carbocycles. The van der Waals surface area contributed by atoms with Crippen LogP contribution in [0.2, 0.25) is 5.02 Å². The van der Waals surface area contributed by atoms with Crippen molar-refractivity contribution < 1.29 is 19.4 Å². The van der Waals surface area contributed by atoms with Crippen molar-refractivity contribution in [3.8, 4) is 5.69 Å². The molecule has 0 saturated heterocycles. The van der Waals surface area contributed by atoms with Crippen LogP contribution in [0.25, 0.3) is 5.69 Å². The third kappa shape index (κ3) is 4.01. The molecule has 0 spiro atoms. The van der Waals surface area contributed by atoms with Crippen molar-refractivity contribution in [2.75, 3.05) is 5.32 Å². The average molecular weight is 372 g/mol. The Labute approximate surface area is 153 Å². The second-order valence-electron chi connectivity index (χ2n) is 5.29. The van der Waals surface area contributed by atoms with E-state index in [0.29, 0.717) is 10.7 Å². The first-order valence-electron chi connectivity index (χ1n) is 7.59. The van der Waals surface area contributed by atoms with E-state index in [9.17, 15) is 14.7 Å². The fraction of sp³-hybridized carbons (Fsp3) is 0.0556. The van der Waals surface area contributed by atoms with Crippen LogP contribution in [0.4, 0.5) is 10.6 Å². The maximum absolute atomic E-state index is 12.1. The first kappa shape index (κ1) is 17.5. The highest BCUT2D eigenvalue weighted by Gasteiger charge is 2.20. The second-order valence-corrected chi connectivity index (χ2v) is 5.73. The van der Waals surface area contributed by atoms with Gasteiger partial charge in [0.2, 0.25) is 0 Å². The molecule has 0 atom stereocenters. The fourth-order valence-electron chi connectivity index (χ4n) is 2.28. The van der Waals surface area contributed by atoms with Gasteiger partial charge < -0.3 is 9.84 Å². The van der Waals surface area contributed by atoms with E-state index in [-0.39, 0.29) is 18.0 Å². The van der Waals surface area contributed by atoms with Gasteiger partial charge in [-0.1, -0.05) is 48.0 Å². The third-order valence-electron chi connectivity index (χ3n) is 3.49. The lowest BCUT2D eigenvalue weighted by Gasteiger charge is -2.11. The number of nitrogens with one attached hydrogen (secondary N) is 1. The van der Waals surface area contributed by atoms with Crippen molar-refractivity contribution in [3.63, 3.8) is 0 Å². The van der Waals surface area contributed by atoms with Gasteiger partial charge >= 0.3 is 12.1 Å². The summed E-state index contributed by atoms with van der Waals surface area (Å²) in [6, 6.07) is 15.8. The van der Waals surface area contributed by atoms with E-state index in [1.54, 1.807) is 24.3 Å². The molecule has 3 rings (SSSR count). The van der Waals surface area contributed by atoms with Crippen LogP contribution in [0, 0.1) is 0 Å². The molecule has 0 bridgehead atoms. The van der Waals surface area contributed by atoms with E-state index in [2.05, 4.69) is 10.4 Å². The molecule has 0 aliphatic heterocycles. The molecule has 1 heterocycles. The molecule has 3 aromatic rings. The minimum Gasteiger partial charge on any atom is -0.477 e. The van der Waals surface area contributed by atoms with Gasteiger partial charge in [0.15, 0.2) is 5.82 Å². The van der Waals surface area contributed by atoms with Crippen LogP contribution in [0.15, 0.2) is 60.8 Å². The van der Waals surface area contributed by atoms with Crippen molar-refractivity contribution in [1.82, 2.24) is 9.78 Å². The SMILES string of the molecule is O=C(Nc1c(C(=O)O)cnn1-c1cccc(Cl)c1)OCc1ccccc1. The van der Waals surface area contributed by atoms with Gasteiger partial charge in [-0.3, -0.25) is 5.32 Å². The Morgan fingerprint density at radius 3 is 2.62 bits per heavy atom. The predicted molar refractivity (Wildman–Crippen MR) is 95.8 cm³/mol. The molecule has 26 heavy (non-hydrogen) atoms. The van der Waals surface area contributed by atoms with Gasteiger partial charge in [-0.15, -0.1) is 0 Å². The first-order chi connectivity index (χ1) is 12.5. The van der Waals surface area contributed by atoms with Crippen molar-refractivity contribution in [2.45, 2.75) is 6.61 Å². The van der Waals surface area contributed by atoms with Crippen molar-refractivity contribution in [2.24, 2.45) is 0 Å². The zero-order valence-electron chi connectivity index (χ0n) is 13.4. The molecular formula is C18H14ClN3O4. The highest BCUT2D eigenvalue weighted by Crippen LogP contribution is 2.22. The molecule has 1 amide bonds. The summed E-state index contributed by atoms with van der Waals surface area (Å²) < 4.78 is 6.42. The number of carboxylic acids is 1. The van der Waals surface area contributed by atoms with Gasteiger partial charge in [0.05, 0.1) is 11.9 Å². The van der Waals surface area contributed by atoms with Crippen LogP contribution in [0.1, 0.15) is 15.9 Å². The van der Waals surface area contributed by atoms with Gasteiger partial charge in [-0.25, -0.2) is 14.3 Å². The van der Waals surface area contributed by atoms with Gasteiger partial charge in [0.25, 0.3) is 0 Å². The molecule has 0 radical (unpaired) electrons. The number of ether oxygens (including phenoxy) is 1. The topological polar surface area (TPSA) is 93.5 Å². The monoisotopic (exact) mass is 371 g/mol. The lowest BCUT2D eigenvalue weighted by molar-refractivity contribution is 0.0698. The average Bonchev–Trinajstić information content (AvgIpc) is 3.04. The number of benzene rings is 2. The number of carbonyl (C=O) groups is 2. The van der Waals surface area contributed by atoms with E-state index in [4.69, 9.17) is 16.3 Å². The Hall–Kier alpha value is -3.32. The minimum absolute atomic E-state index is 0.0159. The molecule has 8 heteroatoms. The molecular weight excluding hydrogens is 358 g/mol. The van der Waals surface area contributed by atoms with Crippen LogP contribution < -0.4 is 5.32 Å². The summed E-state index contributed by atoms with van der Waals surface area (Å²) in [5, 5.41) is 16.3. The van der Waals surface area contributed by atoms with Crippen LogP contribution in [0.3, 0.4) is 0 Å². The van der Waals surface area contributed by atoms with Gasteiger partial charge in [0.1, 0.15) is 12.2 Å². The van der Waals surface area contributed by atoms with E-state index in [0.717, 1.165) is 11.8 Å². The normalized spacial score (nSPS) is 10.3. The van der Waals surface area contributed by atoms with Crippen LogP contribution in [0.5, 0.6) is 0 Å².